The molecule has 0 spiro atoms. The van der Waals surface area contributed by atoms with Gasteiger partial charge in [0.1, 0.15) is 0 Å². The molecule has 3 rings (SSSR count). The Labute approximate surface area is 174 Å². The molecule has 0 aliphatic heterocycles. The molecule has 0 unspecified atom stereocenters. The molecule has 0 aliphatic carbocycles. The van der Waals surface area contributed by atoms with E-state index in [1.54, 1.807) is 43.5 Å². The summed E-state index contributed by atoms with van der Waals surface area (Å²) < 4.78 is 32.9. The minimum atomic E-state index is -3.88. The first-order valence-corrected chi connectivity index (χ1v) is 10.5. The van der Waals surface area contributed by atoms with E-state index in [4.69, 9.17) is 16.3 Å². The average molecular weight is 431 g/mol. The van der Waals surface area contributed by atoms with Crippen LogP contribution in [0.3, 0.4) is 0 Å². The van der Waals surface area contributed by atoms with Gasteiger partial charge >= 0.3 is 0 Å². The molecular weight excluding hydrogens is 412 g/mol. The Kier molecular flexibility index (Phi) is 6.53. The number of nitrogens with one attached hydrogen (secondary N) is 2. The highest BCUT2D eigenvalue weighted by atomic mass is 35.5. The number of halogens is 1. The monoisotopic (exact) mass is 430 g/mol. The van der Waals surface area contributed by atoms with Gasteiger partial charge in [0.2, 0.25) is 0 Å². The summed E-state index contributed by atoms with van der Waals surface area (Å²) in [7, 11) is -2.29. The van der Waals surface area contributed by atoms with Crippen molar-refractivity contribution in [2.75, 3.05) is 17.1 Å². The molecule has 0 bridgehead atoms. The van der Waals surface area contributed by atoms with Crippen molar-refractivity contribution in [3.63, 3.8) is 0 Å². The zero-order valence-electron chi connectivity index (χ0n) is 15.6. The number of hydrogen-bond acceptors (Lipinski definition) is 4. The number of methoxy groups -OCH3 is 1. The lowest BCUT2D eigenvalue weighted by Crippen LogP contribution is -2.18. The molecule has 3 aromatic rings. The van der Waals surface area contributed by atoms with Crippen molar-refractivity contribution in [3.05, 3.63) is 88.9 Å². The largest absolute Gasteiger partial charge is 0.380 e. The van der Waals surface area contributed by atoms with Crippen molar-refractivity contribution in [1.82, 2.24) is 0 Å². The van der Waals surface area contributed by atoms with Crippen LogP contribution in [0.5, 0.6) is 0 Å². The minimum absolute atomic E-state index is 0.0457. The first kappa shape index (κ1) is 20.9. The molecule has 0 radical (unpaired) electrons. The van der Waals surface area contributed by atoms with Crippen molar-refractivity contribution >= 4 is 38.9 Å². The summed E-state index contributed by atoms with van der Waals surface area (Å²) in [6, 6.07) is 19.4. The third kappa shape index (κ3) is 5.35. The average Bonchev–Trinajstić information content (AvgIpc) is 2.69. The fourth-order valence-electron chi connectivity index (χ4n) is 2.69. The van der Waals surface area contributed by atoms with Crippen molar-refractivity contribution < 1.29 is 17.9 Å². The lowest BCUT2D eigenvalue weighted by Gasteiger charge is -2.13. The van der Waals surface area contributed by atoms with E-state index in [1.807, 2.05) is 6.07 Å². The lowest BCUT2D eigenvalue weighted by molar-refractivity contribution is 0.102. The fraction of sp³-hybridized carbons (Fsp3) is 0.0952. The highest BCUT2D eigenvalue weighted by Gasteiger charge is 2.18. The van der Waals surface area contributed by atoms with Crippen LogP contribution in [0, 0.1) is 0 Å². The summed E-state index contributed by atoms with van der Waals surface area (Å²) in [4.78, 5) is 12.8. The Morgan fingerprint density at radius 2 is 1.72 bits per heavy atom. The molecule has 3 aromatic carbocycles. The van der Waals surface area contributed by atoms with Crippen molar-refractivity contribution in [2.45, 2.75) is 11.5 Å². The predicted octanol–water partition coefficient (Wildman–Crippen LogP) is 4.54. The molecule has 0 aliphatic rings. The highest BCUT2D eigenvalue weighted by molar-refractivity contribution is 7.92. The zero-order chi connectivity index (χ0) is 20.9. The second kappa shape index (κ2) is 9.09. The van der Waals surface area contributed by atoms with E-state index in [-0.39, 0.29) is 16.1 Å². The summed E-state index contributed by atoms with van der Waals surface area (Å²) in [5.41, 5.74) is 1.86. The fourth-order valence-corrected chi connectivity index (χ4v) is 3.90. The smallest absolute Gasteiger partial charge is 0.261 e. The quantitative estimate of drug-likeness (QED) is 0.576. The van der Waals surface area contributed by atoms with Gasteiger partial charge in [-0.1, -0.05) is 35.9 Å². The number of benzene rings is 3. The van der Waals surface area contributed by atoms with Crippen LogP contribution in [0.25, 0.3) is 0 Å². The molecule has 29 heavy (non-hydrogen) atoms. The molecule has 6 nitrogen and oxygen atoms in total. The Bertz CT molecular complexity index is 1120. The van der Waals surface area contributed by atoms with Crippen LogP contribution >= 0.6 is 11.6 Å². The van der Waals surface area contributed by atoms with Gasteiger partial charge in [0, 0.05) is 17.8 Å². The predicted molar refractivity (Wildman–Crippen MR) is 114 cm³/mol. The highest BCUT2D eigenvalue weighted by Crippen LogP contribution is 2.22. The number of hydrogen-bond donors (Lipinski definition) is 2. The molecule has 0 saturated heterocycles. The van der Waals surface area contributed by atoms with Gasteiger partial charge in [-0.3, -0.25) is 9.52 Å². The topological polar surface area (TPSA) is 84.5 Å². The van der Waals surface area contributed by atoms with Crippen molar-refractivity contribution in [1.29, 1.82) is 0 Å². The number of anilines is 2. The summed E-state index contributed by atoms with van der Waals surface area (Å²) in [6.45, 7) is 0.418. The summed E-state index contributed by atoms with van der Waals surface area (Å²) in [5.74, 6) is -0.436. The van der Waals surface area contributed by atoms with Gasteiger partial charge in [-0.15, -0.1) is 0 Å². The SMILES string of the molecule is COCc1cccc(NC(=O)c2ccccc2NS(=O)(=O)c2ccc(Cl)cc2)c1. The lowest BCUT2D eigenvalue weighted by atomic mass is 10.1. The second-order valence-corrected chi connectivity index (χ2v) is 8.31. The van der Waals surface area contributed by atoms with Gasteiger partial charge < -0.3 is 10.1 Å². The van der Waals surface area contributed by atoms with Crippen LogP contribution in [0.15, 0.2) is 77.7 Å². The molecule has 150 valence electrons. The van der Waals surface area contributed by atoms with E-state index in [9.17, 15) is 13.2 Å². The number of carbonyl (C=O) groups excluding carboxylic acids is 1. The number of amides is 1. The number of para-hydroxylation sites is 1. The summed E-state index contributed by atoms with van der Waals surface area (Å²) in [5, 5.41) is 3.21. The van der Waals surface area contributed by atoms with E-state index in [0.717, 1.165) is 5.56 Å². The Balaban J connectivity index is 1.84. The molecule has 0 fully saturated rings. The maximum Gasteiger partial charge on any atom is 0.261 e. The second-order valence-electron chi connectivity index (χ2n) is 6.19. The maximum atomic E-state index is 12.8. The zero-order valence-corrected chi connectivity index (χ0v) is 17.1. The van der Waals surface area contributed by atoms with Crippen LogP contribution in [0.4, 0.5) is 11.4 Å². The van der Waals surface area contributed by atoms with E-state index in [2.05, 4.69) is 10.0 Å². The molecule has 8 heteroatoms. The van der Waals surface area contributed by atoms with E-state index in [1.165, 1.54) is 30.3 Å². The molecule has 1 amide bonds. The number of carbonyl (C=O) groups is 1. The Morgan fingerprint density at radius 3 is 2.45 bits per heavy atom. The van der Waals surface area contributed by atoms with Crippen LogP contribution < -0.4 is 10.0 Å². The number of rotatable bonds is 7. The first-order chi connectivity index (χ1) is 13.9. The minimum Gasteiger partial charge on any atom is -0.380 e. The van der Waals surface area contributed by atoms with E-state index in [0.29, 0.717) is 17.3 Å². The molecule has 0 saturated carbocycles. The van der Waals surface area contributed by atoms with Crippen molar-refractivity contribution in [2.24, 2.45) is 0 Å². The molecule has 0 heterocycles. The number of ether oxygens (including phenoxy) is 1. The van der Waals surface area contributed by atoms with Crippen LogP contribution in [-0.2, 0) is 21.4 Å². The molecule has 0 aromatic heterocycles. The van der Waals surface area contributed by atoms with E-state index >= 15 is 0 Å². The van der Waals surface area contributed by atoms with Gasteiger partial charge in [-0.05, 0) is 54.1 Å². The Morgan fingerprint density at radius 1 is 1.00 bits per heavy atom. The molecular formula is C21H19ClN2O4S. The van der Waals surface area contributed by atoms with Gasteiger partial charge in [0.05, 0.1) is 22.8 Å². The number of sulfonamides is 1. The van der Waals surface area contributed by atoms with Crippen LogP contribution in [0.2, 0.25) is 5.02 Å². The van der Waals surface area contributed by atoms with Gasteiger partial charge in [0.15, 0.2) is 0 Å². The standard InChI is InChI=1S/C21H19ClN2O4S/c1-28-14-15-5-4-6-17(13-15)23-21(25)19-7-2-3-8-20(19)24-29(26,27)18-11-9-16(22)10-12-18/h2-13,24H,14H2,1H3,(H,23,25). The van der Waals surface area contributed by atoms with Crippen LogP contribution in [-0.4, -0.2) is 21.4 Å². The van der Waals surface area contributed by atoms with Gasteiger partial charge in [-0.2, -0.15) is 0 Å². The maximum absolute atomic E-state index is 12.8. The first-order valence-electron chi connectivity index (χ1n) is 8.66. The summed E-state index contributed by atoms with van der Waals surface area (Å²) in [6.07, 6.45) is 0. The molecule has 0 atom stereocenters. The van der Waals surface area contributed by atoms with Gasteiger partial charge in [-0.25, -0.2) is 8.42 Å². The van der Waals surface area contributed by atoms with E-state index < -0.39 is 15.9 Å². The van der Waals surface area contributed by atoms with Crippen molar-refractivity contribution in [3.8, 4) is 0 Å². The summed E-state index contributed by atoms with van der Waals surface area (Å²) >= 11 is 5.82. The third-order valence-electron chi connectivity index (χ3n) is 4.04. The van der Waals surface area contributed by atoms with Gasteiger partial charge in [0.25, 0.3) is 15.9 Å². The Hall–Kier alpha value is -2.87. The molecule has 2 N–H and O–H groups in total. The normalized spacial score (nSPS) is 11.1. The van der Waals surface area contributed by atoms with Crippen LogP contribution in [0.1, 0.15) is 15.9 Å². The third-order valence-corrected chi connectivity index (χ3v) is 5.67.